The number of ketones is 1. The second-order valence-corrected chi connectivity index (χ2v) is 6.27. The van der Waals surface area contributed by atoms with E-state index < -0.39 is 23.8 Å². The van der Waals surface area contributed by atoms with Crippen LogP contribution in [-0.2, 0) is 14.3 Å². The number of aryl methyl sites for hydroxylation is 1. The van der Waals surface area contributed by atoms with Crippen molar-refractivity contribution in [2.45, 2.75) is 33.8 Å². The van der Waals surface area contributed by atoms with E-state index in [0.29, 0.717) is 28.1 Å². The zero-order chi connectivity index (χ0) is 21.6. The normalized spacial score (nSPS) is 11.3. The molecular weight excluding hydrogens is 376 g/mol. The van der Waals surface area contributed by atoms with Gasteiger partial charge in [0.15, 0.2) is 12.7 Å². The highest BCUT2D eigenvalue weighted by molar-refractivity contribution is 6.04. The molecule has 0 aliphatic carbocycles. The summed E-state index contributed by atoms with van der Waals surface area (Å²) < 4.78 is 15.4. The fourth-order valence-electron chi connectivity index (χ4n) is 2.76. The van der Waals surface area contributed by atoms with E-state index in [0.717, 1.165) is 0 Å². The number of ether oxygens (including phenoxy) is 3. The van der Waals surface area contributed by atoms with Gasteiger partial charge in [0.25, 0.3) is 0 Å². The van der Waals surface area contributed by atoms with Gasteiger partial charge in [-0.25, -0.2) is 9.59 Å². The Morgan fingerprint density at radius 1 is 1.17 bits per heavy atom. The molecular formula is C21H22N2O6. The number of nitrogens with one attached hydrogen (secondary N) is 1. The van der Waals surface area contributed by atoms with Crippen LogP contribution in [0.2, 0.25) is 0 Å². The Labute approximate surface area is 168 Å². The Balaban J connectivity index is 1.99. The van der Waals surface area contributed by atoms with E-state index >= 15 is 0 Å². The number of benzene rings is 1. The van der Waals surface area contributed by atoms with Crippen LogP contribution in [0.5, 0.6) is 5.75 Å². The van der Waals surface area contributed by atoms with Gasteiger partial charge < -0.3 is 19.2 Å². The molecule has 8 nitrogen and oxygen atoms in total. The topological polar surface area (TPSA) is 118 Å². The monoisotopic (exact) mass is 398 g/mol. The van der Waals surface area contributed by atoms with Crippen molar-refractivity contribution in [3.8, 4) is 11.8 Å². The van der Waals surface area contributed by atoms with E-state index in [9.17, 15) is 14.4 Å². The third kappa shape index (κ3) is 5.23. The summed E-state index contributed by atoms with van der Waals surface area (Å²) in [6.07, 6.45) is -1.07. The number of nitriles is 1. The Bertz CT molecular complexity index is 953. The van der Waals surface area contributed by atoms with Crippen LogP contribution in [0, 0.1) is 25.2 Å². The molecule has 0 saturated heterocycles. The first kappa shape index (κ1) is 21.7. The molecule has 1 heterocycles. The molecule has 0 amide bonds. The SMILES string of the molecule is CCOC(=O)c1c(C)[nH]c(C(=O)[C@H](C)OC(=O)COc2ccc(C#N)cc2)c1C. The molecule has 0 unspecified atom stereocenters. The summed E-state index contributed by atoms with van der Waals surface area (Å²) in [5, 5.41) is 8.76. The first-order chi connectivity index (χ1) is 13.8. The largest absolute Gasteiger partial charge is 0.482 e. The Morgan fingerprint density at radius 3 is 2.41 bits per heavy atom. The van der Waals surface area contributed by atoms with Gasteiger partial charge in [0, 0.05) is 5.69 Å². The van der Waals surface area contributed by atoms with E-state index in [1.165, 1.54) is 6.92 Å². The lowest BCUT2D eigenvalue weighted by Crippen LogP contribution is -2.28. The number of Topliss-reactive ketones (excluding diaryl/α,β-unsaturated/α-hetero) is 1. The number of H-pyrrole nitrogens is 1. The number of hydrogen-bond acceptors (Lipinski definition) is 7. The van der Waals surface area contributed by atoms with Gasteiger partial charge >= 0.3 is 11.9 Å². The molecule has 29 heavy (non-hydrogen) atoms. The molecule has 152 valence electrons. The number of nitrogens with zero attached hydrogens (tertiary/aromatic N) is 1. The highest BCUT2D eigenvalue weighted by Gasteiger charge is 2.27. The van der Waals surface area contributed by atoms with Gasteiger partial charge in [-0.2, -0.15) is 5.26 Å². The summed E-state index contributed by atoms with van der Waals surface area (Å²) >= 11 is 0. The van der Waals surface area contributed by atoms with Crippen LogP contribution < -0.4 is 4.74 Å². The molecule has 1 aromatic carbocycles. The zero-order valence-electron chi connectivity index (χ0n) is 16.7. The molecule has 0 saturated carbocycles. The quantitative estimate of drug-likeness (QED) is 0.536. The van der Waals surface area contributed by atoms with Crippen LogP contribution in [0.3, 0.4) is 0 Å². The van der Waals surface area contributed by atoms with Gasteiger partial charge in [0.1, 0.15) is 5.75 Å². The molecule has 1 N–H and O–H groups in total. The van der Waals surface area contributed by atoms with Gasteiger partial charge in [-0.3, -0.25) is 4.79 Å². The third-order valence-electron chi connectivity index (χ3n) is 4.18. The fraction of sp³-hybridized carbons (Fsp3) is 0.333. The van der Waals surface area contributed by atoms with Gasteiger partial charge in [-0.15, -0.1) is 0 Å². The predicted octanol–water partition coefficient (Wildman–Crippen LogP) is 2.87. The highest BCUT2D eigenvalue weighted by atomic mass is 16.6. The molecule has 2 rings (SSSR count). The van der Waals surface area contributed by atoms with Crippen LogP contribution in [0.15, 0.2) is 24.3 Å². The van der Waals surface area contributed by atoms with Crippen LogP contribution in [0.25, 0.3) is 0 Å². The molecule has 0 fully saturated rings. The van der Waals surface area contributed by atoms with Crippen LogP contribution in [-0.4, -0.2) is 42.0 Å². The lowest BCUT2D eigenvalue weighted by atomic mass is 10.1. The van der Waals surface area contributed by atoms with Crippen LogP contribution in [0.1, 0.15) is 51.5 Å². The highest BCUT2D eigenvalue weighted by Crippen LogP contribution is 2.21. The molecule has 8 heteroatoms. The smallest absolute Gasteiger partial charge is 0.344 e. The molecule has 1 atom stereocenters. The molecule has 0 aliphatic heterocycles. The number of hydrogen-bond donors (Lipinski definition) is 1. The molecule has 0 bridgehead atoms. The second-order valence-electron chi connectivity index (χ2n) is 6.27. The van der Waals surface area contributed by atoms with Crippen molar-refractivity contribution < 1.29 is 28.6 Å². The maximum absolute atomic E-state index is 12.7. The van der Waals surface area contributed by atoms with E-state index in [1.54, 1.807) is 45.0 Å². The minimum atomic E-state index is -1.07. The summed E-state index contributed by atoms with van der Waals surface area (Å²) in [5.74, 6) is -1.30. The average molecular weight is 398 g/mol. The van der Waals surface area contributed by atoms with Gasteiger partial charge in [0.2, 0.25) is 5.78 Å². The second kappa shape index (κ2) is 9.55. The van der Waals surface area contributed by atoms with Crippen molar-refractivity contribution in [3.05, 3.63) is 52.3 Å². The fourth-order valence-corrected chi connectivity index (χ4v) is 2.76. The van der Waals surface area contributed by atoms with Crippen LogP contribution in [0.4, 0.5) is 0 Å². The van der Waals surface area contributed by atoms with E-state index in [2.05, 4.69) is 4.98 Å². The van der Waals surface area contributed by atoms with Gasteiger partial charge in [-0.05, 0) is 57.5 Å². The third-order valence-corrected chi connectivity index (χ3v) is 4.18. The molecule has 0 spiro atoms. The van der Waals surface area contributed by atoms with Crippen molar-refractivity contribution in [1.82, 2.24) is 4.98 Å². The number of carbonyl (C=O) groups excluding carboxylic acids is 3. The number of aromatic amines is 1. The van der Waals surface area contributed by atoms with Crippen molar-refractivity contribution in [3.63, 3.8) is 0 Å². The van der Waals surface area contributed by atoms with Crippen molar-refractivity contribution in [2.75, 3.05) is 13.2 Å². The standard InChI is InChI=1S/C21H22N2O6/c1-5-27-21(26)18-12(2)19(23-13(18)3)20(25)14(4)29-17(24)11-28-16-8-6-15(10-22)7-9-16/h6-9,14,23H,5,11H2,1-4H3/t14-/m0/s1. The number of rotatable bonds is 8. The van der Waals surface area contributed by atoms with Crippen molar-refractivity contribution in [2.24, 2.45) is 0 Å². The Morgan fingerprint density at radius 2 is 1.83 bits per heavy atom. The van der Waals surface area contributed by atoms with Crippen molar-refractivity contribution >= 4 is 17.7 Å². The lowest BCUT2D eigenvalue weighted by Gasteiger charge is -2.13. The predicted molar refractivity (Wildman–Crippen MR) is 103 cm³/mol. The van der Waals surface area contributed by atoms with Crippen molar-refractivity contribution in [1.29, 1.82) is 5.26 Å². The number of carbonyl (C=O) groups is 3. The number of aromatic nitrogens is 1. The summed E-state index contributed by atoms with van der Waals surface area (Å²) in [5.41, 5.74) is 1.92. The lowest BCUT2D eigenvalue weighted by molar-refractivity contribution is -0.148. The Hall–Kier alpha value is -3.60. The summed E-state index contributed by atoms with van der Waals surface area (Å²) in [6.45, 7) is 6.27. The summed E-state index contributed by atoms with van der Waals surface area (Å²) in [6, 6.07) is 8.22. The zero-order valence-corrected chi connectivity index (χ0v) is 16.7. The van der Waals surface area contributed by atoms with E-state index in [4.69, 9.17) is 19.5 Å². The maximum Gasteiger partial charge on any atom is 0.344 e. The first-order valence-corrected chi connectivity index (χ1v) is 9.01. The summed E-state index contributed by atoms with van der Waals surface area (Å²) in [4.78, 5) is 39.6. The Kier molecular flexibility index (Phi) is 7.15. The average Bonchev–Trinajstić information content (AvgIpc) is 3.00. The molecule has 1 aromatic heterocycles. The van der Waals surface area contributed by atoms with Crippen LogP contribution >= 0.6 is 0 Å². The maximum atomic E-state index is 12.7. The molecule has 2 aromatic rings. The minimum absolute atomic E-state index is 0.193. The minimum Gasteiger partial charge on any atom is -0.482 e. The number of esters is 2. The summed E-state index contributed by atoms with van der Waals surface area (Å²) in [7, 11) is 0. The first-order valence-electron chi connectivity index (χ1n) is 9.01. The van der Waals surface area contributed by atoms with Gasteiger partial charge in [-0.1, -0.05) is 0 Å². The molecule has 0 aliphatic rings. The molecule has 0 radical (unpaired) electrons. The van der Waals surface area contributed by atoms with Gasteiger partial charge in [0.05, 0.1) is 29.5 Å². The van der Waals surface area contributed by atoms with E-state index in [1.807, 2.05) is 6.07 Å². The van der Waals surface area contributed by atoms with E-state index in [-0.39, 0.29) is 18.9 Å².